The first kappa shape index (κ1) is 12.6. The van der Waals surface area contributed by atoms with Gasteiger partial charge in [-0.15, -0.1) is 0 Å². The Labute approximate surface area is 106 Å². The van der Waals surface area contributed by atoms with Crippen LogP contribution in [0.4, 0.5) is 4.39 Å². The summed E-state index contributed by atoms with van der Waals surface area (Å²) in [5.74, 6) is 0.425. The summed E-state index contributed by atoms with van der Waals surface area (Å²) in [6.45, 7) is 1.30. The predicted octanol–water partition coefficient (Wildman–Crippen LogP) is 3.12. The number of halogens is 1. The number of ether oxygens (including phenoxy) is 1. The van der Waals surface area contributed by atoms with Crippen molar-refractivity contribution in [3.05, 3.63) is 65.5 Å². The van der Waals surface area contributed by atoms with Crippen LogP contribution in [0, 0.1) is 5.82 Å². The van der Waals surface area contributed by atoms with Crippen LogP contribution < -0.4 is 10.1 Å². The van der Waals surface area contributed by atoms with Crippen LogP contribution in [0.3, 0.4) is 0 Å². The highest BCUT2D eigenvalue weighted by atomic mass is 19.1. The van der Waals surface area contributed by atoms with Crippen LogP contribution >= 0.6 is 0 Å². The molecule has 94 valence electrons. The molecular weight excluding hydrogens is 229 g/mol. The second kappa shape index (κ2) is 6.17. The summed E-state index contributed by atoms with van der Waals surface area (Å²) in [6, 6.07) is 14.2. The molecule has 18 heavy (non-hydrogen) atoms. The van der Waals surface area contributed by atoms with Crippen LogP contribution in [0.5, 0.6) is 5.75 Å². The van der Waals surface area contributed by atoms with E-state index in [1.165, 1.54) is 17.7 Å². The lowest BCUT2D eigenvalue weighted by Crippen LogP contribution is -2.09. The van der Waals surface area contributed by atoms with Gasteiger partial charge in [0.05, 0.1) is 0 Å². The standard InChI is InChI=1S/C15H16FNO/c1-17-10-12-4-2-3-5-13(12)11-18-15-8-6-14(16)7-9-15/h2-9,17H,10-11H2,1H3. The van der Waals surface area contributed by atoms with E-state index in [9.17, 15) is 4.39 Å². The van der Waals surface area contributed by atoms with Crippen LogP contribution in [-0.2, 0) is 13.2 Å². The monoisotopic (exact) mass is 245 g/mol. The Morgan fingerprint density at radius 3 is 2.33 bits per heavy atom. The maximum atomic E-state index is 12.8. The van der Waals surface area contributed by atoms with Crippen LogP contribution in [0.2, 0.25) is 0 Å². The van der Waals surface area contributed by atoms with Gasteiger partial charge in [0, 0.05) is 6.54 Å². The molecule has 2 aromatic carbocycles. The Morgan fingerprint density at radius 2 is 1.67 bits per heavy atom. The van der Waals surface area contributed by atoms with Gasteiger partial charge < -0.3 is 10.1 Å². The van der Waals surface area contributed by atoms with E-state index in [4.69, 9.17) is 4.74 Å². The summed E-state index contributed by atoms with van der Waals surface area (Å²) in [5.41, 5.74) is 2.35. The van der Waals surface area contributed by atoms with E-state index in [-0.39, 0.29) is 5.82 Å². The predicted molar refractivity (Wildman–Crippen MR) is 69.9 cm³/mol. The zero-order chi connectivity index (χ0) is 12.8. The summed E-state index contributed by atoms with van der Waals surface area (Å²) < 4.78 is 18.4. The third kappa shape index (κ3) is 3.31. The number of hydrogen-bond donors (Lipinski definition) is 1. The Morgan fingerprint density at radius 1 is 1.00 bits per heavy atom. The molecule has 0 aliphatic rings. The van der Waals surface area contributed by atoms with Crippen molar-refractivity contribution in [2.45, 2.75) is 13.2 Å². The van der Waals surface area contributed by atoms with Crippen molar-refractivity contribution >= 4 is 0 Å². The van der Waals surface area contributed by atoms with Gasteiger partial charge in [0.2, 0.25) is 0 Å². The fraction of sp³-hybridized carbons (Fsp3) is 0.200. The van der Waals surface area contributed by atoms with Gasteiger partial charge in [-0.2, -0.15) is 0 Å². The van der Waals surface area contributed by atoms with Gasteiger partial charge in [-0.05, 0) is 42.4 Å². The number of hydrogen-bond acceptors (Lipinski definition) is 2. The summed E-state index contributed by atoms with van der Waals surface area (Å²) in [6.07, 6.45) is 0. The average molecular weight is 245 g/mol. The average Bonchev–Trinajstić information content (AvgIpc) is 2.40. The Kier molecular flexibility index (Phi) is 4.31. The lowest BCUT2D eigenvalue weighted by atomic mass is 10.1. The molecule has 0 radical (unpaired) electrons. The molecule has 0 aromatic heterocycles. The third-order valence-corrected chi connectivity index (χ3v) is 2.69. The van der Waals surface area contributed by atoms with Crippen molar-refractivity contribution in [2.24, 2.45) is 0 Å². The Bertz CT molecular complexity index is 496. The number of nitrogens with one attached hydrogen (secondary N) is 1. The summed E-state index contributed by atoms with van der Waals surface area (Å²) in [4.78, 5) is 0. The highest BCUT2D eigenvalue weighted by Crippen LogP contribution is 2.15. The van der Waals surface area contributed by atoms with E-state index in [0.29, 0.717) is 12.4 Å². The molecule has 0 saturated heterocycles. The van der Waals surface area contributed by atoms with Gasteiger partial charge >= 0.3 is 0 Å². The lowest BCUT2D eigenvalue weighted by molar-refractivity contribution is 0.304. The van der Waals surface area contributed by atoms with E-state index in [1.807, 2.05) is 25.2 Å². The Balaban J connectivity index is 2.03. The van der Waals surface area contributed by atoms with Crippen molar-refractivity contribution in [1.29, 1.82) is 0 Å². The van der Waals surface area contributed by atoms with Crippen molar-refractivity contribution < 1.29 is 9.13 Å². The molecule has 2 aromatic rings. The normalized spacial score (nSPS) is 10.3. The van der Waals surface area contributed by atoms with Gasteiger partial charge in [0.15, 0.2) is 0 Å². The highest BCUT2D eigenvalue weighted by molar-refractivity contribution is 5.28. The van der Waals surface area contributed by atoms with Crippen LogP contribution in [-0.4, -0.2) is 7.05 Å². The van der Waals surface area contributed by atoms with Gasteiger partial charge in [-0.25, -0.2) is 4.39 Å². The van der Waals surface area contributed by atoms with Gasteiger partial charge in [0.1, 0.15) is 18.2 Å². The van der Waals surface area contributed by atoms with Crippen LogP contribution in [0.25, 0.3) is 0 Å². The minimum atomic E-state index is -0.252. The van der Waals surface area contributed by atoms with E-state index >= 15 is 0 Å². The van der Waals surface area contributed by atoms with E-state index in [1.54, 1.807) is 12.1 Å². The van der Waals surface area contributed by atoms with Gasteiger partial charge in [-0.3, -0.25) is 0 Å². The summed E-state index contributed by atoms with van der Waals surface area (Å²) in [7, 11) is 1.91. The molecular formula is C15H16FNO. The second-order valence-corrected chi connectivity index (χ2v) is 4.04. The molecule has 2 nitrogen and oxygen atoms in total. The topological polar surface area (TPSA) is 21.3 Å². The van der Waals surface area contributed by atoms with Crippen molar-refractivity contribution in [3.8, 4) is 5.75 Å². The van der Waals surface area contributed by atoms with Crippen LogP contribution in [0.1, 0.15) is 11.1 Å². The summed E-state index contributed by atoms with van der Waals surface area (Å²) in [5, 5.41) is 3.12. The molecule has 0 atom stereocenters. The molecule has 1 N–H and O–H groups in total. The smallest absolute Gasteiger partial charge is 0.123 e. The summed E-state index contributed by atoms with van der Waals surface area (Å²) >= 11 is 0. The lowest BCUT2D eigenvalue weighted by Gasteiger charge is -2.10. The minimum Gasteiger partial charge on any atom is -0.489 e. The van der Waals surface area contributed by atoms with Crippen molar-refractivity contribution in [1.82, 2.24) is 5.32 Å². The maximum Gasteiger partial charge on any atom is 0.123 e. The molecule has 0 amide bonds. The number of benzene rings is 2. The molecule has 0 saturated carbocycles. The van der Waals surface area contributed by atoms with Gasteiger partial charge in [0.25, 0.3) is 0 Å². The molecule has 0 aliphatic heterocycles. The minimum absolute atomic E-state index is 0.252. The molecule has 0 aliphatic carbocycles. The first-order valence-corrected chi connectivity index (χ1v) is 5.89. The molecule has 0 unspecified atom stereocenters. The first-order valence-electron chi connectivity index (χ1n) is 5.89. The third-order valence-electron chi connectivity index (χ3n) is 2.69. The fourth-order valence-corrected chi connectivity index (χ4v) is 1.75. The van der Waals surface area contributed by atoms with E-state index < -0.39 is 0 Å². The maximum absolute atomic E-state index is 12.8. The fourth-order valence-electron chi connectivity index (χ4n) is 1.75. The van der Waals surface area contributed by atoms with E-state index in [0.717, 1.165) is 12.1 Å². The Hall–Kier alpha value is -1.87. The second-order valence-electron chi connectivity index (χ2n) is 4.04. The van der Waals surface area contributed by atoms with Crippen molar-refractivity contribution in [2.75, 3.05) is 7.05 Å². The SMILES string of the molecule is CNCc1ccccc1COc1ccc(F)cc1. The first-order chi connectivity index (χ1) is 8.79. The molecule has 2 rings (SSSR count). The zero-order valence-electron chi connectivity index (χ0n) is 10.3. The molecule has 3 heteroatoms. The highest BCUT2D eigenvalue weighted by Gasteiger charge is 2.02. The zero-order valence-corrected chi connectivity index (χ0v) is 10.3. The van der Waals surface area contributed by atoms with E-state index in [2.05, 4.69) is 11.4 Å². The molecule has 0 bridgehead atoms. The molecule has 0 spiro atoms. The largest absolute Gasteiger partial charge is 0.489 e. The van der Waals surface area contributed by atoms with Crippen molar-refractivity contribution in [3.63, 3.8) is 0 Å². The van der Waals surface area contributed by atoms with Gasteiger partial charge in [-0.1, -0.05) is 24.3 Å². The molecule has 0 heterocycles. The quantitative estimate of drug-likeness (QED) is 0.873. The number of rotatable bonds is 5. The molecule has 0 fully saturated rings. The van der Waals surface area contributed by atoms with Crippen LogP contribution in [0.15, 0.2) is 48.5 Å².